The Kier molecular flexibility index (Phi) is 6.45. The quantitative estimate of drug-likeness (QED) is 0.820. The van der Waals surface area contributed by atoms with Crippen molar-refractivity contribution in [3.05, 3.63) is 0 Å². The molecule has 0 aliphatic carbocycles. The molecule has 0 saturated carbocycles. The summed E-state index contributed by atoms with van der Waals surface area (Å²) in [5, 5.41) is 3.30. The zero-order valence-electron chi connectivity index (χ0n) is 13.8. The van der Waals surface area contributed by atoms with E-state index in [0.29, 0.717) is 6.61 Å². The predicted molar refractivity (Wildman–Crippen MR) is 84.3 cm³/mol. The first-order chi connectivity index (χ1) is 10.2. The molecule has 2 atom stereocenters. The molecule has 5 nitrogen and oxygen atoms in total. The lowest BCUT2D eigenvalue weighted by Crippen LogP contribution is -2.57. The number of nitrogens with one attached hydrogen (secondary N) is 1. The average Bonchev–Trinajstić information content (AvgIpc) is 2.53. The summed E-state index contributed by atoms with van der Waals surface area (Å²) in [6.07, 6.45) is 2.24. The molecule has 5 heteroatoms. The van der Waals surface area contributed by atoms with Crippen LogP contribution < -0.4 is 5.32 Å². The summed E-state index contributed by atoms with van der Waals surface area (Å²) >= 11 is 0. The van der Waals surface area contributed by atoms with Gasteiger partial charge < -0.3 is 19.9 Å². The van der Waals surface area contributed by atoms with Crippen LogP contribution in [0.3, 0.4) is 0 Å². The normalized spacial score (nSPS) is 28.1. The topological polar surface area (TPSA) is 44.8 Å². The minimum Gasteiger partial charge on any atom is -0.375 e. The van der Waals surface area contributed by atoms with E-state index in [9.17, 15) is 4.79 Å². The van der Waals surface area contributed by atoms with Crippen molar-refractivity contribution >= 4 is 5.91 Å². The molecule has 21 heavy (non-hydrogen) atoms. The van der Waals surface area contributed by atoms with Crippen LogP contribution in [0.1, 0.15) is 33.6 Å². The van der Waals surface area contributed by atoms with Crippen LogP contribution in [-0.4, -0.2) is 73.7 Å². The molecule has 0 unspecified atom stereocenters. The molecule has 2 fully saturated rings. The zero-order chi connectivity index (χ0) is 15.2. The summed E-state index contributed by atoms with van der Waals surface area (Å²) < 4.78 is 5.59. The summed E-state index contributed by atoms with van der Waals surface area (Å²) in [4.78, 5) is 17.1. The molecule has 0 radical (unpaired) electrons. The number of nitrogens with zero attached hydrogens (tertiary/aromatic N) is 2. The van der Waals surface area contributed by atoms with Gasteiger partial charge in [-0.25, -0.2) is 0 Å². The second-order valence-corrected chi connectivity index (χ2v) is 6.26. The third-order valence-corrected chi connectivity index (χ3v) is 4.92. The van der Waals surface area contributed by atoms with Crippen LogP contribution in [0.25, 0.3) is 0 Å². The van der Waals surface area contributed by atoms with Crippen LogP contribution >= 0.6 is 0 Å². The van der Waals surface area contributed by atoms with E-state index in [-0.39, 0.29) is 18.1 Å². The largest absolute Gasteiger partial charge is 0.375 e. The van der Waals surface area contributed by atoms with E-state index in [0.717, 1.165) is 51.5 Å². The molecule has 0 aromatic carbocycles. The van der Waals surface area contributed by atoms with E-state index >= 15 is 0 Å². The van der Waals surface area contributed by atoms with Gasteiger partial charge in [-0.1, -0.05) is 13.8 Å². The maximum absolute atomic E-state index is 12.6. The maximum atomic E-state index is 12.6. The fraction of sp³-hybridized carbons (Fsp3) is 0.938. The molecule has 0 aromatic rings. The summed E-state index contributed by atoms with van der Waals surface area (Å²) in [7, 11) is 0. The number of hydrogen-bond donors (Lipinski definition) is 1. The highest BCUT2D eigenvalue weighted by molar-refractivity contribution is 5.82. The minimum atomic E-state index is -0.155. The highest BCUT2D eigenvalue weighted by atomic mass is 16.5. The fourth-order valence-corrected chi connectivity index (χ4v) is 3.39. The Balaban J connectivity index is 1.79. The number of rotatable bonds is 5. The standard InChI is InChI=1S/C16H31N3O2/c1-4-18(5-2)12-14-6-9-19(10-7-14)16(20)15-13(3)21-11-8-17-15/h13-15,17H,4-12H2,1-3H3/t13-,15+/m1/s1. The highest BCUT2D eigenvalue weighted by Gasteiger charge is 2.33. The van der Waals surface area contributed by atoms with Crippen molar-refractivity contribution in [3.63, 3.8) is 0 Å². The number of hydrogen-bond acceptors (Lipinski definition) is 4. The van der Waals surface area contributed by atoms with Crippen molar-refractivity contribution in [1.82, 2.24) is 15.1 Å². The fourth-order valence-electron chi connectivity index (χ4n) is 3.39. The molecule has 1 amide bonds. The molecule has 2 saturated heterocycles. The van der Waals surface area contributed by atoms with Crippen molar-refractivity contribution in [3.8, 4) is 0 Å². The molecule has 2 aliphatic heterocycles. The number of ether oxygens (including phenoxy) is 1. The molecule has 0 aromatic heterocycles. The Morgan fingerprint density at radius 2 is 1.95 bits per heavy atom. The number of amides is 1. The van der Waals surface area contributed by atoms with Crippen LogP contribution in [0.15, 0.2) is 0 Å². The lowest BCUT2D eigenvalue weighted by molar-refractivity contribution is -0.141. The summed E-state index contributed by atoms with van der Waals surface area (Å²) in [5.41, 5.74) is 0. The van der Waals surface area contributed by atoms with Crippen molar-refractivity contribution in [1.29, 1.82) is 0 Å². The summed E-state index contributed by atoms with van der Waals surface area (Å²) in [6.45, 7) is 13.1. The van der Waals surface area contributed by atoms with Gasteiger partial charge in [0.1, 0.15) is 6.04 Å². The van der Waals surface area contributed by atoms with Gasteiger partial charge in [0.25, 0.3) is 0 Å². The zero-order valence-corrected chi connectivity index (χ0v) is 13.8. The monoisotopic (exact) mass is 297 g/mol. The second-order valence-electron chi connectivity index (χ2n) is 6.26. The molecule has 0 bridgehead atoms. The van der Waals surface area contributed by atoms with Gasteiger partial charge in [-0.05, 0) is 38.8 Å². The van der Waals surface area contributed by atoms with Crippen molar-refractivity contribution < 1.29 is 9.53 Å². The molecule has 2 rings (SSSR count). The Morgan fingerprint density at radius 3 is 2.52 bits per heavy atom. The van der Waals surface area contributed by atoms with Gasteiger partial charge in [0.2, 0.25) is 5.91 Å². The average molecular weight is 297 g/mol. The first-order valence-corrected chi connectivity index (χ1v) is 8.51. The number of carbonyl (C=O) groups excluding carboxylic acids is 1. The number of piperidine rings is 1. The van der Waals surface area contributed by atoms with E-state index in [1.54, 1.807) is 0 Å². The lowest BCUT2D eigenvalue weighted by Gasteiger charge is -2.38. The number of morpholine rings is 1. The van der Waals surface area contributed by atoms with Crippen LogP contribution in [0.5, 0.6) is 0 Å². The van der Waals surface area contributed by atoms with Gasteiger partial charge >= 0.3 is 0 Å². The van der Waals surface area contributed by atoms with Gasteiger partial charge in [0.15, 0.2) is 0 Å². The Morgan fingerprint density at radius 1 is 1.29 bits per heavy atom. The van der Waals surface area contributed by atoms with Crippen LogP contribution in [-0.2, 0) is 9.53 Å². The maximum Gasteiger partial charge on any atom is 0.242 e. The Bertz CT molecular complexity index is 325. The van der Waals surface area contributed by atoms with Gasteiger partial charge in [-0.15, -0.1) is 0 Å². The minimum absolute atomic E-state index is 0.0142. The smallest absolute Gasteiger partial charge is 0.242 e. The Labute approximate surface area is 129 Å². The Hall–Kier alpha value is -0.650. The van der Waals surface area contributed by atoms with E-state index in [2.05, 4.69) is 24.1 Å². The van der Waals surface area contributed by atoms with E-state index < -0.39 is 0 Å². The molecular weight excluding hydrogens is 266 g/mol. The number of carbonyl (C=O) groups is 1. The van der Waals surface area contributed by atoms with Crippen molar-refractivity contribution in [2.75, 3.05) is 45.9 Å². The third kappa shape index (κ3) is 4.41. The van der Waals surface area contributed by atoms with Gasteiger partial charge in [-0.2, -0.15) is 0 Å². The van der Waals surface area contributed by atoms with Crippen molar-refractivity contribution in [2.24, 2.45) is 5.92 Å². The van der Waals surface area contributed by atoms with E-state index in [1.807, 2.05) is 11.8 Å². The highest BCUT2D eigenvalue weighted by Crippen LogP contribution is 2.20. The van der Waals surface area contributed by atoms with Crippen LogP contribution in [0.2, 0.25) is 0 Å². The van der Waals surface area contributed by atoms with Gasteiger partial charge in [0, 0.05) is 26.2 Å². The van der Waals surface area contributed by atoms with E-state index in [4.69, 9.17) is 4.74 Å². The molecule has 122 valence electrons. The van der Waals surface area contributed by atoms with Gasteiger partial charge in [-0.3, -0.25) is 4.79 Å². The number of likely N-dealkylation sites (tertiary alicyclic amines) is 1. The molecule has 2 heterocycles. The summed E-state index contributed by atoms with van der Waals surface area (Å²) in [6, 6.07) is -0.155. The molecule has 2 aliphatic rings. The van der Waals surface area contributed by atoms with Crippen LogP contribution in [0, 0.1) is 5.92 Å². The third-order valence-electron chi connectivity index (χ3n) is 4.92. The first-order valence-electron chi connectivity index (χ1n) is 8.51. The van der Waals surface area contributed by atoms with Gasteiger partial charge in [0.05, 0.1) is 12.7 Å². The molecular formula is C16H31N3O2. The van der Waals surface area contributed by atoms with Crippen molar-refractivity contribution in [2.45, 2.75) is 45.8 Å². The molecule has 1 N–H and O–H groups in total. The van der Waals surface area contributed by atoms with E-state index in [1.165, 1.54) is 6.54 Å². The first kappa shape index (κ1) is 16.7. The molecule has 0 spiro atoms. The van der Waals surface area contributed by atoms with Crippen LogP contribution in [0.4, 0.5) is 0 Å². The predicted octanol–water partition coefficient (Wildman–Crippen LogP) is 0.944. The lowest BCUT2D eigenvalue weighted by atomic mass is 9.95. The SMILES string of the molecule is CCN(CC)CC1CCN(C(=O)[C@H]2NCCO[C@@H]2C)CC1. The second kappa shape index (κ2) is 8.11. The summed E-state index contributed by atoms with van der Waals surface area (Å²) in [5.74, 6) is 0.963.